The monoisotopic (exact) mass is 237 g/mol. The molecule has 2 heterocycles. The number of nitrogens with two attached hydrogens (primary N) is 1. The lowest BCUT2D eigenvalue weighted by Crippen LogP contribution is -2.30. The van der Waals surface area contributed by atoms with Crippen LogP contribution >= 0.6 is 0 Å². The molecule has 0 saturated carbocycles. The van der Waals surface area contributed by atoms with Gasteiger partial charge in [-0.1, -0.05) is 6.42 Å². The molecule has 0 radical (unpaired) electrons. The summed E-state index contributed by atoms with van der Waals surface area (Å²) in [6, 6.07) is 0.444. The van der Waals surface area contributed by atoms with Crippen molar-refractivity contribution in [1.82, 2.24) is 9.88 Å². The maximum absolute atomic E-state index is 5.72. The number of oxazole rings is 1. The van der Waals surface area contributed by atoms with Gasteiger partial charge in [0.1, 0.15) is 5.76 Å². The van der Waals surface area contributed by atoms with E-state index in [2.05, 4.69) is 16.9 Å². The van der Waals surface area contributed by atoms with Crippen LogP contribution in [0, 0.1) is 6.92 Å². The topological polar surface area (TPSA) is 55.3 Å². The van der Waals surface area contributed by atoms with Gasteiger partial charge in [0.2, 0.25) is 0 Å². The van der Waals surface area contributed by atoms with E-state index in [0.717, 1.165) is 36.7 Å². The number of rotatable bonds is 4. The molecule has 2 rings (SSSR count). The molecular weight excluding hydrogens is 214 g/mol. The molecule has 0 aromatic carbocycles. The molecule has 1 aromatic rings. The SMILES string of the molecule is Cc1oc(CCCN)nc1C1CCCCN1C. The van der Waals surface area contributed by atoms with Gasteiger partial charge in [-0.2, -0.15) is 0 Å². The molecule has 1 fully saturated rings. The molecule has 4 heteroatoms. The van der Waals surface area contributed by atoms with Gasteiger partial charge in [-0.25, -0.2) is 4.98 Å². The van der Waals surface area contributed by atoms with Gasteiger partial charge in [0.05, 0.1) is 11.7 Å². The summed E-state index contributed by atoms with van der Waals surface area (Å²) in [4.78, 5) is 7.05. The van der Waals surface area contributed by atoms with Gasteiger partial charge in [-0.15, -0.1) is 0 Å². The Hall–Kier alpha value is -0.870. The Morgan fingerprint density at radius 3 is 3.00 bits per heavy atom. The minimum atomic E-state index is 0.444. The first kappa shape index (κ1) is 12.6. The van der Waals surface area contributed by atoms with Crippen molar-refractivity contribution in [2.75, 3.05) is 20.1 Å². The van der Waals surface area contributed by atoms with Crippen molar-refractivity contribution in [1.29, 1.82) is 0 Å². The predicted molar refractivity (Wildman–Crippen MR) is 67.8 cm³/mol. The van der Waals surface area contributed by atoms with Crippen LogP contribution in [0.2, 0.25) is 0 Å². The maximum atomic E-state index is 5.72. The molecule has 96 valence electrons. The second-order valence-corrected chi connectivity index (χ2v) is 4.93. The lowest BCUT2D eigenvalue weighted by atomic mass is 9.99. The fourth-order valence-electron chi connectivity index (χ4n) is 2.55. The molecule has 1 unspecified atom stereocenters. The quantitative estimate of drug-likeness (QED) is 0.870. The molecule has 2 N–H and O–H groups in total. The number of aryl methyl sites for hydroxylation is 2. The molecule has 0 bridgehead atoms. The van der Waals surface area contributed by atoms with Crippen LogP contribution in [0.4, 0.5) is 0 Å². The number of aromatic nitrogens is 1. The molecule has 1 saturated heterocycles. The number of hydrogen-bond donors (Lipinski definition) is 1. The van der Waals surface area contributed by atoms with Gasteiger partial charge in [0.15, 0.2) is 5.89 Å². The summed E-state index contributed by atoms with van der Waals surface area (Å²) in [5, 5.41) is 0. The lowest BCUT2D eigenvalue weighted by Gasteiger charge is -2.31. The summed E-state index contributed by atoms with van der Waals surface area (Å²) >= 11 is 0. The van der Waals surface area contributed by atoms with Crippen LogP contribution in [0.1, 0.15) is 49.1 Å². The Kier molecular flexibility index (Phi) is 4.18. The highest BCUT2D eigenvalue weighted by Gasteiger charge is 2.25. The standard InChI is InChI=1S/C13H23N3O/c1-10-13(11-6-3-4-9-16(11)2)15-12(17-10)7-5-8-14/h11H,3-9,14H2,1-2H3. The molecule has 0 amide bonds. The average Bonchev–Trinajstić information content (AvgIpc) is 2.68. The van der Waals surface area contributed by atoms with Crippen molar-refractivity contribution in [3.05, 3.63) is 17.3 Å². The average molecular weight is 237 g/mol. The van der Waals surface area contributed by atoms with Gasteiger partial charge in [0.25, 0.3) is 0 Å². The zero-order valence-electron chi connectivity index (χ0n) is 10.9. The summed E-state index contributed by atoms with van der Waals surface area (Å²) < 4.78 is 5.72. The third-order valence-corrected chi connectivity index (χ3v) is 3.56. The predicted octanol–water partition coefficient (Wildman–Crippen LogP) is 2.03. The van der Waals surface area contributed by atoms with Gasteiger partial charge in [-0.05, 0) is 46.3 Å². The van der Waals surface area contributed by atoms with Crippen molar-refractivity contribution >= 4 is 0 Å². The lowest BCUT2D eigenvalue weighted by molar-refractivity contribution is 0.182. The number of hydrogen-bond acceptors (Lipinski definition) is 4. The van der Waals surface area contributed by atoms with E-state index in [0.29, 0.717) is 12.6 Å². The smallest absolute Gasteiger partial charge is 0.194 e. The van der Waals surface area contributed by atoms with E-state index in [1.165, 1.54) is 19.3 Å². The molecule has 1 aliphatic rings. The van der Waals surface area contributed by atoms with Crippen LogP contribution in [0.5, 0.6) is 0 Å². The summed E-state index contributed by atoms with van der Waals surface area (Å²) in [5.74, 6) is 1.83. The highest BCUT2D eigenvalue weighted by molar-refractivity contribution is 5.14. The Labute approximate surface area is 103 Å². The first-order valence-electron chi connectivity index (χ1n) is 6.59. The van der Waals surface area contributed by atoms with Crippen LogP contribution in [0.3, 0.4) is 0 Å². The summed E-state index contributed by atoms with van der Waals surface area (Å²) in [6.07, 6.45) is 5.58. The Morgan fingerprint density at radius 2 is 2.29 bits per heavy atom. The molecular formula is C13H23N3O. The number of piperidine rings is 1. The van der Waals surface area contributed by atoms with Crippen molar-refractivity contribution in [2.24, 2.45) is 5.73 Å². The second-order valence-electron chi connectivity index (χ2n) is 4.93. The molecule has 1 aromatic heterocycles. The Bertz CT molecular complexity index is 362. The highest BCUT2D eigenvalue weighted by atomic mass is 16.4. The van der Waals surface area contributed by atoms with Crippen LogP contribution < -0.4 is 5.73 Å². The number of nitrogens with zero attached hydrogens (tertiary/aromatic N) is 2. The normalized spacial score (nSPS) is 21.9. The van der Waals surface area contributed by atoms with E-state index < -0.39 is 0 Å². The molecule has 1 atom stereocenters. The minimum Gasteiger partial charge on any atom is -0.446 e. The Balaban J connectivity index is 2.11. The van der Waals surface area contributed by atoms with E-state index in [4.69, 9.17) is 10.2 Å². The molecule has 4 nitrogen and oxygen atoms in total. The summed E-state index contributed by atoms with van der Waals surface area (Å²) in [7, 11) is 2.18. The van der Waals surface area contributed by atoms with Crippen molar-refractivity contribution < 1.29 is 4.42 Å². The Morgan fingerprint density at radius 1 is 1.47 bits per heavy atom. The molecule has 0 aliphatic carbocycles. The van der Waals surface area contributed by atoms with Crippen LogP contribution in [0.15, 0.2) is 4.42 Å². The van der Waals surface area contributed by atoms with E-state index in [9.17, 15) is 0 Å². The van der Waals surface area contributed by atoms with Crippen LogP contribution in [0.25, 0.3) is 0 Å². The van der Waals surface area contributed by atoms with Crippen LogP contribution in [-0.4, -0.2) is 30.0 Å². The minimum absolute atomic E-state index is 0.444. The van der Waals surface area contributed by atoms with Gasteiger partial charge in [-0.3, -0.25) is 4.90 Å². The largest absolute Gasteiger partial charge is 0.446 e. The first-order valence-corrected chi connectivity index (χ1v) is 6.59. The third-order valence-electron chi connectivity index (χ3n) is 3.56. The third kappa shape index (κ3) is 2.87. The summed E-state index contributed by atoms with van der Waals surface area (Å²) in [5.41, 5.74) is 6.65. The zero-order valence-corrected chi connectivity index (χ0v) is 10.9. The first-order chi connectivity index (χ1) is 8.22. The van der Waals surface area contributed by atoms with Crippen molar-refractivity contribution in [3.8, 4) is 0 Å². The second kappa shape index (κ2) is 5.65. The fraction of sp³-hybridized carbons (Fsp3) is 0.769. The summed E-state index contributed by atoms with van der Waals surface area (Å²) in [6.45, 7) is 3.88. The number of likely N-dealkylation sites (tertiary alicyclic amines) is 1. The highest BCUT2D eigenvalue weighted by Crippen LogP contribution is 2.31. The van der Waals surface area contributed by atoms with Crippen LogP contribution in [-0.2, 0) is 6.42 Å². The van der Waals surface area contributed by atoms with E-state index in [1.54, 1.807) is 0 Å². The van der Waals surface area contributed by atoms with Gasteiger partial charge < -0.3 is 10.2 Å². The van der Waals surface area contributed by atoms with Crippen molar-refractivity contribution in [2.45, 2.75) is 45.1 Å². The maximum Gasteiger partial charge on any atom is 0.194 e. The molecule has 0 spiro atoms. The zero-order chi connectivity index (χ0) is 12.3. The van der Waals surface area contributed by atoms with Crippen molar-refractivity contribution in [3.63, 3.8) is 0 Å². The molecule has 17 heavy (non-hydrogen) atoms. The van der Waals surface area contributed by atoms with Gasteiger partial charge in [0, 0.05) is 6.42 Å². The van der Waals surface area contributed by atoms with E-state index >= 15 is 0 Å². The van der Waals surface area contributed by atoms with Gasteiger partial charge >= 0.3 is 0 Å². The van der Waals surface area contributed by atoms with E-state index in [-0.39, 0.29) is 0 Å². The van der Waals surface area contributed by atoms with E-state index in [1.807, 2.05) is 6.92 Å². The molecule has 1 aliphatic heterocycles. The fourth-order valence-corrected chi connectivity index (χ4v) is 2.55.